The highest BCUT2D eigenvalue weighted by Gasteiger charge is 2.34. The van der Waals surface area contributed by atoms with Gasteiger partial charge in [0, 0.05) is 31.7 Å². The van der Waals surface area contributed by atoms with Crippen LogP contribution < -0.4 is 10.2 Å². The van der Waals surface area contributed by atoms with Crippen molar-refractivity contribution >= 4 is 23.0 Å². The van der Waals surface area contributed by atoms with E-state index in [1.165, 1.54) is 12.8 Å². The van der Waals surface area contributed by atoms with Crippen molar-refractivity contribution in [2.75, 3.05) is 24.6 Å². The topological polar surface area (TPSA) is 78.6 Å². The zero-order chi connectivity index (χ0) is 17.2. The molecule has 2 heterocycles. The number of rotatable bonds is 6. The summed E-state index contributed by atoms with van der Waals surface area (Å²) in [5.74, 6) is 0.749. The molecule has 0 spiro atoms. The molecule has 2 aliphatic rings. The molecule has 2 aromatic rings. The Kier molecular flexibility index (Phi) is 4.61. The maximum Gasteiger partial charge on any atom is 0.298 e. The van der Waals surface area contributed by atoms with Crippen molar-refractivity contribution in [3.05, 3.63) is 24.3 Å². The monoisotopic (exact) mass is 343 g/mol. The first-order chi connectivity index (χ1) is 12.2. The van der Waals surface area contributed by atoms with E-state index in [0.29, 0.717) is 18.4 Å². The number of aliphatic hydroxyl groups excluding tert-OH is 1. The number of carbonyl (C=O) groups excluding carboxylic acids is 1. The van der Waals surface area contributed by atoms with E-state index >= 15 is 0 Å². The van der Waals surface area contributed by atoms with Crippen LogP contribution in [0.2, 0.25) is 0 Å². The van der Waals surface area contributed by atoms with Crippen LogP contribution in [0.25, 0.3) is 11.1 Å². The lowest BCUT2D eigenvalue weighted by Crippen LogP contribution is -2.45. The number of carbonyl (C=O) groups is 1. The molecular formula is C19H25N3O3. The average molecular weight is 343 g/mol. The number of fused-ring (bicyclic) bond motifs is 1. The van der Waals surface area contributed by atoms with Gasteiger partial charge in [0.1, 0.15) is 5.52 Å². The summed E-state index contributed by atoms with van der Waals surface area (Å²) < 4.78 is 5.83. The molecule has 25 heavy (non-hydrogen) atoms. The molecule has 1 saturated carbocycles. The number of piperidine rings is 1. The molecule has 2 fully saturated rings. The van der Waals surface area contributed by atoms with Crippen LogP contribution in [0.1, 0.15) is 32.1 Å². The van der Waals surface area contributed by atoms with Gasteiger partial charge in [0.2, 0.25) is 5.91 Å². The number of aromatic nitrogens is 1. The third kappa shape index (κ3) is 3.63. The van der Waals surface area contributed by atoms with Gasteiger partial charge in [-0.25, -0.2) is 0 Å². The van der Waals surface area contributed by atoms with E-state index < -0.39 is 0 Å². The van der Waals surface area contributed by atoms with Gasteiger partial charge in [0.25, 0.3) is 6.01 Å². The summed E-state index contributed by atoms with van der Waals surface area (Å²) in [6, 6.07) is 8.56. The number of hydrogen-bond acceptors (Lipinski definition) is 5. The maximum absolute atomic E-state index is 12.5. The number of para-hydroxylation sites is 2. The van der Waals surface area contributed by atoms with Crippen molar-refractivity contribution in [3.63, 3.8) is 0 Å². The molecule has 0 radical (unpaired) electrons. The summed E-state index contributed by atoms with van der Waals surface area (Å²) in [5.41, 5.74) is 1.67. The Morgan fingerprint density at radius 1 is 1.28 bits per heavy atom. The van der Waals surface area contributed by atoms with E-state index in [1.807, 2.05) is 24.3 Å². The highest BCUT2D eigenvalue weighted by atomic mass is 16.4. The van der Waals surface area contributed by atoms with E-state index in [2.05, 4.69) is 15.2 Å². The molecule has 1 unspecified atom stereocenters. The fourth-order valence-electron chi connectivity index (χ4n) is 3.69. The largest absolute Gasteiger partial charge is 0.423 e. The van der Waals surface area contributed by atoms with Crippen molar-refractivity contribution < 1.29 is 14.3 Å². The van der Waals surface area contributed by atoms with Crippen molar-refractivity contribution in [3.8, 4) is 0 Å². The summed E-state index contributed by atoms with van der Waals surface area (Å²) in [6.45, 7) is 1.69. The van der Waals surface area contributed by atoms with E-state index in [4.69, 9.17) is 4.42 Å². The molecule has 1 atom stereocenters. The molecule has 134 valence electrons. The molecule has 1 saturated heterocycles. The van der Waals surface area contributed by atoms with Crippen LogP contribution in [0.5, 0.6) is 0 Å². The Balaban J connectivity index is 1.33. The highest BCUT2D eigenvalue weighted by Crippen LogP contribution is 2.34. The number of nitrogens with one attached hydrogen (secondary N) is 1. The van der Waals surface area contributed by atoms with Crippen LogP contribution in [0, 0.1) is 11.8 Å². The molecule has 4 rings (SSSR count). The van der Waals surface area contributed by atoms with Gasteiger partial charge in [-0.3, -0.25) is 4.79 Å². The summed E-state index contributed by atoms with van der Waals surface area (Å²) >= 11 is 0. The molecule has 1 aromatic carbocycles. The quantitative estimate of drug-likeness (QED) is 0.841. The lowest BCUT2D eigenvalue weighted by molar-refractivity contribution is -0.126. The maximum atomic E-state index is 12.5. The van der Waals surface area contributed by atoms with Crippen LogP contribution in [0.4, 0.5) is 6.01 Å². The van der Waals surface area contributed by atoms with Crippen LogP contribution >= 0.6 is 0 Å². The Morgan fingerprint density at radius 2 is 2.04 bits per heavy atom. The third-order valence-corrected chi connectivity index (χ3v) is 5.38. The number of amides is 1. The number of aliphatic hydroxyl groups is 1. The van der Waals surface area contributed by atoms with Crippen LogP contribution in [-0.4, -0.2) is 41.7 Å². The van der Waals surface area contributed by atoms with Crippen LogP contribution in [0.3, 0.4) is 0 Å². The van der Waals surface area contributed by atoms with Crippen molar-refractivity contribution in [1.82, 2.24) is 10.3 Å². The smallest absolute Gasteiger partial charge is 0.298 e. The van der Waals surface area contributed by atoms with Crippen LogP contribution in [-0.2, 0) is 4.79 Å². The number of benzene rings is 1. The second kappa shape index (κ2) is 7.04. The van der Waals surface area contributed by atoms with Crippen LogP contribution in [0.15, 0.2) is 28.7 Å². The average Bonchev–Trinajstić information content (AvgIpc) is 3.39. The summed E-state index contributed by atoms with van der Waals surface area (Å²) in [4.78, 5) is 19.2. The Labute approximate surface area is 147 Å². The number of oxazole rings is 1. The molecule has 1 aliphatic heterocycles. The first-order valence-electron chi connectivity index (χ1n) is 9.26. The fraction of sp³-hybridized carbons (Fsp3) is 0.579. The molecule has 1 aliphatic carbocycles. The predicted octanol–water partition coefficient (Wildman–Crippen LogP) is 2.32. The normalized spacial score (nSPS) is 20.0. The molecular weight excluding hydrogens is 318 g/mol. The van der Waals surface area contributed by atoms with Gasteiger partial charge < -0.3 is 19.7 Å². The van der Waals surface area contributed by atoms with Gasteiger partial charge in [-0.1, -0.05) is 12.1 Å². The zero-order valence-electron chi connectivity index (χ0n) is 14.4. The molecule has 1 aromatic heterocycles. The zero-order valence-corrected chi connectivity index (χ0v) is 14.4. The first kappa shape index (κ1) is 16.4. The van der Waals surface area contributed by atoms with Crippen molar-refractivity contribution in [1.29, 1.82) is 0 Å². The second-order valence-corrected chi connectivity index (χ2v) is 7.19. The molecule has 0 bridgehead atoms. The Hall–Kier alpha value is -2.08. The number of hydrogen-bond donors (Lipinski definition) is 2. The third-order valence-electron chi connectivity index (χ3n) is 5.38. The van der Waals surface area contributed by atoms with Gasteiger partial charge in [0.05, 0.1) is 0 Å². The van der Waals surface area contributed by atoms with E-state index in [1.54, 1.807) is 0 Å². The summed E-state index contributed by atoms with van der Waals surface area (Å²) in [7, 11) is 0. The Bertz CT molecular complexity index is 699. The highest BCUT2D eigenvalue weighted by molar-refractivity contribution is 5.79. The molecule has 6 heteroatoms. The number of nitrogens with zero attached hydrogens (tertiary/aromatic N) is 2. The minimum Gasteiger partial charge on any atom is -0.423 e. The first-order valence-corrected chi connectivity index (χ1v) is 9.26. The standard InChI is InChI=1S/C19H25N3O3/c23-12-9-15(13-5-6-13)20-18(24)14-7-10-22(11-8-14)19-21-16-3-1-2-4-17(16)25-19/h1-4,13-15,23H,5-12H2,(H,20,24). The lowest BCUT2D eigenvalue weighted by atomic mass is 9.95. The minimum atomic E-state index is 0.0422. The van der Waals surface area contributed by atoms with E-state index in [9.17, 15) is 9.90 Å². The minimum absolute atomic E-state index is 0.0422. The van der Waals surface area contributed by atoms with E-state index in [-0.39, 0.29) is 24.5 Å². The van der Waals surface area contributed by atoms with E-state index in [0.717, 1.165) is 37.0 Å². The molecule has 1 amide bonds. The molecule has 2 N–H and O–H groups in total. The SMILES string of the molecule is O=C(NC(CCO)C1CC1)C1CCN(c2nc3ccccc3o2)CC1. The summed E-state index contributed by atoms with van der Waals surface area (Å²) in [6.07, 6.45) is 4.61. The van der Waals surface area contributed by atoms with Gasteiger partial charge in [-0.05, 0) is 50.2 Å². The predicted molar refractivity (Wildman–Crippen MR) is 95.3 cm³/mol. The second-order valence-electron chi connectivity index (χ2n) is 7.19. The van der Waals surface area contributed by atoms with Gasteiger partial charge in [-0.15, -0.1) is 0 Å². The fourth-order valence-corrected chi connectivity index (χ4v) is 3.69. The molecule has 6 nitrogen and oxygen atoms in total. The van der Waals surface area contributed by atoms with Crippen molar-refractivity contribution in [2.45, 2.75) is 38.1 Å². The number of anilines is 1. The lowest BCUT2D eigenvalue weighted by Gasteiger charge is -2.31. The van der Waals surface area contributed by atoms with Gasteiger partial charge >= 0.3 is 0 Å². The van der Waals surface area contributed by atoms with Gasteiger partial charge in [-0.2, -0.15) is 4.98 Å². The summed E-state index contributed by atoms with van der Waals surface area (Å²) in [5, 5.41) is 12.4. The Morgan fingerprint density at radius 3 is 2.72 bits per heavy atom. The van der Waals surface area contributed by atoms with Gasteiger partial charge in [0.15, 0.2) is 5.58 Å². The van der Waals surface area contributed by atoms with Crippen molar-refractivity contribution in [2.24, 2.45) is 11.8 Å².